The average Bonchev–Trinajstić information content (AvgIpc) is 3.03. The molecule has 138 valence electrons. The summed E-state index contributed by atoms with van der Waals surface area (Å²) in [6.07, 6.45) is 1.70. The molecule has 3 aromatic rings. The van der Waals surface area contributed by atoms with Crippen LogP contribution >= 0.6 is 0 Å². The van der Waals surface area contributed by atoms with E-state index < -0.39 is 18.5 Å². The summed E-state index contributed by atoms with van der Waals surface area (Å²) in [5.41, 5.74) is 4.02. The predicted octanol–water partition coefficient (Wildman–Crippen LogP) is 3.55. The first kappa shape index (κ1) is 18.4. The van der Waals surface area contributed by atoms with Crippen LogP contribution in [0.3, 0.4) is 0 Å². The molecule has 1 N–H and O–H groups in total. The molecule has 0 spiro atoms. The third kappa shape index (κ3) is 3.89. The van der Waals surface area contributed by atoms with Crippen molar-refractivity contribution < 1.29 is 19.1 Å². The summed E-state index contributed by atoms with van der Waals surface area (Å²) in [5, 5.41) is 2.70. The van der Waals surface area contributed by atoms with Gasteiger partial charge < -0.3 is 14.5 Å². The number of hydrogen-bond donors (Lipinski definition) is 1. The Labute approximate surface area is 156 Å². The molecule has 0 aliphatic heterocycles. The molecule has 1 aromatic carbocycles. The standard InChI is InChI=1S/C21H20N2O4/c1-13-7-8-16(10-14(13)2)22-20(25)12-27-21(26)17-11-19(15(3)24)23-9-5-4-6-18(17)23/h4-11H,12H2,1-3H3,(H,22,25). The summed E-state index contributed by atoms with van der Waals surface area (Å²) in [6.45, 7) is 4.96. The lowest BCUT2D eigenvalue weighted by atomic mass is 10.1. The number of aryl methyl sites for hydroxylation is 2. The first-order valence-electron chi connectivity index (χ1n) is 8.52. The van der Waals surface area contributed by atoms with E-state index in [9.17, 15) is 14.4 Å². The molecule has 0 atom stereocenters. The Morgan fingerprint density at radius 3 is 2.52 bits per heavy atom. The van der Waals surface area contributed by atoms with E-state index in [4.69, 9.17) is 4.74 Å². The number of nitrogens with one attached hydrogen (secondary N) is 1. The smallest absolute Gasteiger partial charge is 0.340 e. The van der Waals surface area contributed by atoms with Crippen LogP contribution in [0.5, 0.6) is 0 Å². The zero-order valence-electron chi connectivity index (χ0n) is 15.4. The van der Waals surface area contributed by atoms with Crippen LogP contribution in [0.15, 0.2) is 48.7 Å². The number of carbonyl (C=O) groups is 3. The largest absolute Gasteiger partial charge is 0.452 e. The minimum absolute atomic E-state index is 0.164. The third-order valence-electron chi connectivity index (χ3n) is 4.38. The van der Waals surface area contributed by atoms with Crippen LogP contribution in [0.1, 0.15) is 38.9 Å². The zero-order valence-corrected chi connectivity index (χ0v) is 15.4. The molecule has 2 heterocycles. The van der Waals surface area contributed by atoms with Crippen molar-refractivity contribution in [2.45, 2.75) is 20.8 Å². The highest BCUT2D eigenvalue weighted by Crippen LogP contribution is 2.19. The van der Waals surface area contributed by atoms with E-state index in [0.29, 0.717) is 16.9 Å². The fraction of sp³-hybridized carbons (Fsp3) is 0.190. The Bertz CT molecular complexity index is 1050. The number of hydrogen-bond acceptors (Lipinski definition) is 4. The Hall–Kier alpha value is -3.41. The third-order valence-corrected chi connectivity index (χ3v) is 4.38. The molecule has 1 amide bonds. The molecular formula is C21H20N2O4. The number of carbonyl (C=O) groups excluding carboxylic acids is 3. The number of nitrogens with zero attached hydrogens (tertiary/aromatic N) is 1. The molecule has 6 heteroatoms. The van der Waals surface area contributed by atoms with E-state index in [0.717, 1.165) is 11.1 Å². The number of amides is 1. The normalized spacial score (nSPS) is 10.6. The first-order valence-corrected chi connectivity index (χ1v) is 8.52. The number of ketones is 1. The number of Topliss-reactive ketones (excluding diaryl/α,β-unsaturated/α-hetero) is 1. The Balaban J connectivity index is 1.70. The van der Waals surface area contributed by atoms with Crippen LogP contribution in [-0.2, 0) is 9.53 Å². The van der Waals surface area contributed by atoms with Crippen molar-refractivity contribution in [1.29, 1.82) is 0 Å². The van der Waals surface area contributed by atoms with Gasteiger partial charge in [-0.15, -0.1) is 0 Å². The second kappa shape index (κ2) is 7.45. The summed E-state index contributed by atoms with van der Waals surface area (Å²) in [5.74, 6) is -1.24. The number of pyridine rings is 1. The van der Waals surface area contributed by atoms with Crippen LogP contribution in [-0.4, -0.2) is 28.7 Å². The molecule has 0 bridgehead atoms. The Morgan fingerprint density at radius 1 is 1.04 bits per heavy atom. The quantitative estimate of drug-likeness (QED) is 0.555. The highest BCUT2D eigenvalue weighted by atomic mass is 16.5. The van der Waals surface area contributed by atoms with E-state index >= 15 is 0 Å². The highest BCUT2D eigenvalue weighted by molar-refractivity contribution is 6.04. The van der Waals surface area contributed by atoms with Gasteiger partial charge in [-0.05, 0) is 55.3 Å². The van der Waals surface area contributed by atoms with Gasteiger partial charge >= 0.3 is 5.97 Å². The lowest BCUT2D eigenvalue weighted by molar-refractivity contribution is -0.119. The number of anilines is 1. The number of aromatic nitrogens is 1. The molecule has 0 unspecified atom stereocenters. The van der Waals surface area contributed by atoms with Gasteiger partial charge in [0.15, 0.2) is 12.4 Å². The molecule has 27 heavy (non-hydrogen) atoms. The summed E-state index contributed by atoms with van der Waals surface area (Å²) in [7, 11) is 0. The van der Waals surface area contributed by atoms with Gasteiger partial charge in [0.05, 0.1) is 16.8 Å². The van der Waals surface area contributed by atoms with Crippen LogP contribution in [0.2, 0.25) is 0 Å². The summed E-state index contributed by atoms with van der Waals surface area (Å²) < 4.78 is 6.77. The molecule has 0 fully saturated rings. The van der Waals surface area contributed by atoms with Crippen molar-refractivity contribution >= 4 is 28.9 Å². The van der Waals surface area contributed by atoms with Gasteiger partial charge in [-0.3, -0.25) is 9.59 Å². The molecule has 0 aliphatic carbocycles. The molecule has 2 aromatic heterocycles. The van der Waals surface area contributed by atoms with Gasteiger partial charge in [0.25, 0.3) is 5.91 Å². The SMILES string of the molecule is CC(=O)c1cc(C(=O)OCC(=O)Nc2ccc(C)c(C)c2)c2ccccn12. The second-order valence-corrected chi connectivity index (χ2v) is 6.38. The lowest BCUT2D eigenvalue weighted by Gasteiger charge is -2.08. The highest BCUT2D eigenvalue weighted by Gasteiger charge is 2.19. The van der Waals surface area contributed by atoms with E-state index in [1.165, 1.54) is 13.0 Å². The minimum atomic E-state index is -0.651. The van der Waals surface area contributed by atoms with Gasteiger partial charge in [-0.25, -0.2) is 4.79 Å². The van der Waals surface area contributed by atoms with Crippen LogP contribution in [0, 0.1) is 13.8 Å². The monoisotopic (exact) mass is 364 g/mol. The molecule has 3 rings (SSSR count). The van der Waals surface area contributed by atoms with Crippen LogP contribution in [0.25, 0.3) is 5.52 Å². The summed E-state index contributed by atoms with van der Waals surface area (Å²) in [4.78, 5) is 36.3. The van der Waals surface area contributed by atoms with Crippen molar-refractivity contribution in [3.63, 3.8) is 0 Å². The van der Waals surface area contributed by atoms with E-state index in [2.05, 4.69) is 5.32 Å². The molecule has 0 saturated carbocycles. The molecule has 0 radical (unpaired) electrons. The number of benzene rings is 1. The Kier molecular flexibility index (Phi) is 5.07. The van der Waals surface area contributed by atoms with Gasteiger partial charge in [0, 0.05) is 18.8 Å². The number of rotatable bonds is 5. The summed E-state index contributed by atoms with van der Waals surface area (Å²) >= 11 is 0. The van der Waals surface area contributed by atoms with E-state index in [-0.39, 0.29) is 11.3 Å². The van der Waals surface area contributed by atoms with Gasteiger partial charge in [-0.1, -0.05) is 12.1 Å². The average molecular weight is 364 g/mol. The van der Waals surface area contributed by atoms with Crippen molar-refractivity contribution in [2.24, 2.45) is 0 Å². The van der Waals surface area contributed by atoms with E-state index in [1.54, 1.807) is 34.9 Å². The topological polar surface area (TPSA) is 76.9 Å². The molecular weight excluding hydrogens is 344 g/mol. The first-order chi connectivity index (χ1) is 12.9. The lowest BCUT2D eigenvalue weighted by Crippen LogP contribution is -2.21. The maximum absolute atomic E-state index is 12.4. The van der Waals surface area contributed by atoms with Crippen molar-refractivity contribution in [3.8, 4) is 0 Å². The predicted molar refractivity (Wildman–Crippen MR) is 102 cm³/mol. The summed E-state index contributed by atoms with van der Waals surface area (Å²) in [6, 6.07) is 12.3. The number of ether oxygens (including phenoxy) is 1. The fourth-order valence-corrected chi connectivity index (χ4v) is 2.81. The maximum atomic E-state index is 12.4. The number of fused-ring (bicyclic) bond motifs is 1. The number of esters is 1. The van der Waals surface area contributed by atoms with Crippen LogP contribution < -0.4 is 5.32 Å². The van der Waals surface area contributed by atoms with Crippen molar-refractivity contribution in [1.82, 2.24) is 4.40 Å². The minimum Gasteiger partial charge on any atom is -0.452 e. The Morgan fingerprint density at radius 2 is 1.81 bits per heavy atom. The molecule has 0 saturated heterocycles. The van der Waals surface area contributed by atoms with Crippen molar-refractivity contribution in [3.05, 3.63) is 71.0 Å². The van der Waals surface area contributed by atoms with Gasteiger partial charge in [0.1, 0.15) is 0 Å². The van der Waals surface area contributed by atoms with Gasteiger partial charge in [-0.2, -0.15) is 0 Å². The van der Waals surface area contributed by atoms with Crippen LogP contribution in [0.4, 0.5) is 5.69 Å². The van der Waals surface area contributed by atoms with Gasteiger partial charge in [0.2, 0.25) is 0 Å². The second-order valence-electron chi connectivity index (χ2n) is 6.38. The van der Waals surface area contributed by atoms with E-state index in [1.807, 2.05) is 26.0 Å². The molecule has 6 nitrogen and oxygen atoms in total. The zero-order chi connectivity index (χ0) is 19.6. The maximum Gasteiger partial charge on any atom is 0.340 e. The fourth-order valence-electron chi connectivity index (χ4n) is 2.81. The molecule has 0 aliphatic rings. The van der Waals surface area contributed by atoms with Crippen molar-refractivity contribution in [2.75, 3.05) is 11.9 Å².